The summed E-state index contributed by atoms with van der Waals surface area (Å²) in [5.41, 5.74) is 5.75. The molecule has 250 valence electrons. The van der Waals surface area contributed by atoms with Gasteiger partial charge in [0, 0.05) is 52.2 Å². The number of halogens is 1. The molecule has 0 saturated heterocycles. The number of nitrogens with zero attached hydrogens (tertiary/aromatic N) is 6. The number of benzene rings is 1. The molecule has 6 aromatic heterocycles. The molecule has 7 heterocycles. The first-order chi connectivity index (χ1) is 24.7. The van der Waals surface area contributed by atoms with Gasteiger partial charge in [-0.1, -0.05) is 17.7 Å². The standard InChI is InChI=1S/C23H20N4O2S.C15H12ClN3S/c1-2-6-19-16(5-1)20-22(25-11-14-7-8-17-18(10-14)29-13-28-17)26-21(27-23(20)30-19)15-4-3-9-24-12-15;16-13-12-10-5-1-2-6-11(10)20-15(12)19-14(18-13)9-4-3-7-17-8-9/h3-4,7-10,12H,1-2,5-6,11,13H2,(H,25,26,27);3-4,7-8H,1-2,5-6H2. The number of hydrogen-bond donors (Lipinski definition) is 1. The molecule has 10 rings (SSSR count). The average molecular weight is 718 g/mol. The van der Waals surface area contributed by atoms with Gasteiger partial charge in [0.05, 0.1) is 10.8 Å². The predicted octanol–water partition coefficient (Wildman–Crippen LogP) is 9.26. The van der Waals surface area contributed by atoms with E-state index in [1.165, 1.54) is 52.0 Å². The van der Waals surface area contributed by atoms with Gasteiger partial charge in [0.15, 0.2) is 23.1 Å². The van der Waals surface area contributed by atoms with Crippen molar-refractivity contribution in [1.82, 2.24) is 29.9 Å². The third kappa shape index (κ3) is 6.03. The van der Waals surface area contributed by atoms with Crippen molar-refractivity contribution in [3.8, 4) is 34.3 Å². The van der Waals surface area contributed by atoms with Crippen LogP contribution in [0.4, 0.5) is 5.82 Å². The number of nitrogens with one attached hydrogen (secondary N) is 1. The molecular formula is C38H32ClN7O2S2. The molecule has 1 aromatic carbocycles. The molecule has 9 nitrogen and oxygen atoms in total. The van der Waals surface area contributed by atoms with Gasteiger partial charge in [-0.2, -0.15) is 0 Å². The van der Waals surface area contributed by atoms with Crippen molar-refractivity contribution in [2.45, 2.75) is 57.9 Å². The minimum absolute atomic E-state index is 0.286. The van der Waals surface area contributed by atoms with Crippen LogP contribution in [0.5, 0.6) is 11.5 Å². The Morgan fingerprint density at radius 2 is 1.30 bits per heavy atom. The minimum Gasteiger partial charge on any atom is -0.454 e. The molecule has 50 heavy (non-hydrogen) atoms. The van der Waals surface area contributed by atoms with E-state index in [9.17, 15) is 0 Å². The Bertz CT molecular complexity index is 2350. The van der Waals surface area contributed by atoms with Crippen LogP contribution in [0.15, 0.2) is 67.3 Å². The van der Waals surface area contributed by atoms with E-state index in [2.05, 4.69) is 26.3 Å². The molecule has 2 aliphatic carbocycles. The number of ether oxygens (including phenoxy) is 2. The molecule has 0 atom stereocenters. The van der Waals surface area contributed by atoms with Crippen LogP contribution < -0.4 is 14.8 Å². The molecule has 0 amide bonds. The van der Waals surface area contributed by atoms with Gasteiger partial charge in [-0.3, -0.25) is 9.97 Å². The predicted molar refractivity (Wildman–Crippen MR) is 199 cm³/mol. The first kappa shape index (κ1) is 31.3. The number of thiophene rings is 2. The van der Waals surface area contributed by atoms with Gasteiger partial charge in [0.2, 0.25) is 6.79 Å². The SMILES string of the molecule is Clc1nc(-c2cccnc2)nc2sc3c(c12)CCCC3.c1cncc(-c2nc(NCc3ccc4c(c3)OCO4)c3c4c(sc3n2)CCCC4)c1. The highest BCUT2D eigenvalue weighted by Gasteiger charge is 2.23. The highest BCUT2D eigenvalue weighted by Crippen LogP contribution is 2.41. The quantitative estimate of drug-likeness (QED) is 0.174. The van der Waals surface area contributed by atoms with E-state index in [0.717, 1.165) is 74.7 Å². The number of hydrogen-bond acceptors (Lipinski definition) is 11. The third-order valence-electron chi connectivity index (χ3n) is 9.32. The normalized spacial score (nSPS) is 14.6. The maximum Gasteiger partial charge on any atom is 0.231 e. The van der Waals surface area contributed by atoms with Crippen molar-refractivity contribution < 1.29 is 9.47 Å². The molecule has 0 radical (unpaired) electrons. The van der Waals surface area contributed by atoms with Crippen molar-refractivity contribution in [2.75, 3.05) is 12.1 Å². The summed E-state index contributed by atoms with van der Waals surface area (Å²) in [5, 5.41) is 6.41. The van der Waals surface area contributed by atoms with Crippen molar-refractivity contribution in [2.24, 2.45) is 0 Å². The molecule has 7 aromatic rings. The molecule has 1 aliphatic heterocycles. The lowest BCUT2D eigenvalue weighted by Crippen LogP contribution is -2.05. The van der Waals surface area contributed by atoms with Crippen molar-refractivity contribution in [3.05, 3.63) is 98.8 Å². The van der Waals surface area contributed by atoms with Crippen molar-refractivity contribution >= 4 is 60.5 Å². The Hall–Kier alpha value is -4.71. The van der Waals surface area contributed by atoms with E-state index in [1.54, 1.807) is 29.9 Å². The van der Waals surface area contributed by atoms with E-state index in [4.69, 9.17) is 36.0 Å². The Morgan fingerprint density at radius 3 is 1.98 bits per heavy atom. The van der Waals surface area contributed by atoms with Gasteiger partial charge < -0.3 is 14.8 Å². The van der Waals surface area contributed by atoms with Gasteiger partial charge >= 0.3 is 0 Å². The van der Waals surface area contributed by atoms with E-state index >= 15 is 0 Å². The number of aromatic nitrogens is 6. The van der Waals surface area contributed by atoms with Gasteiger partial charge in [-0.05, 0) is 104 Å². The highest BCUT2D eigenvalue weighted by atomic mass is 35.5. The fourth-order valence-corrected chi connectivity index (χ4v) is 9.75. The molecule has 12 heteroatoms. The highest BCUT2D eigenvalue weighted by molar-refractivity contribution is 7.19. The number of anilines is 1. The summed E-state index contributed by atoms with van der Waals surface area (Å²) < 4.78 is 10.9. The first-order valence-corrected chi connectivity index (χ1v) is 18.9. The van der Waals surface area contributed by atoms with Crippen LogP contribution in [-0.2, 0) is 32.2 Å². The lowest BCUT2D eigenvalue weighted by atomic mass is 9.97. The zero-order chi connectivity index (χ0) is 33.4. The summed E-state index contributed by atoms with van der Waals surface area (Å²) >= 11 is 10.0. The lowest BCUT2D eigenvalue weighted by Gasteiger charge is -2.13. The zero-order valence-electron chi connectivity index (χ0n) is 27.1. The smallest absolute Gasteiger partial charge is 0.231 e. The van der Waals surface area contributed by atoms with E-state index in [0.29, 0.717) is 23.3 Å². The van der Waals surface area contributed by atoms with Gasteiger partial charge in [0.25, 0.3) is 0 Å². The molecule has 0 fully saturated rings. The molecule has 0 saturated carbocycles. The minimum atomic E-state index is 0.286. The van der Waals surface area contributed by atoms with Crippen LogP contribution >= 0.6 is 34.3 Å². The maximum absolute atomic E-state index is 6.43. The number of rotatable bonds is 5. The Morgan fingerprint density at radius 1 is 0.680 bits per heavy atom. The Balaban J connectivity index is 0.000000146. The van der Waals surface area contributed by atoms with Crippen molar-refractivity contribution in [1.29, 1.82) is 0 Å². The second kappa shape index (κ2) is 13.5. The summed E-state index contributed by atoms with van der Waals surface area (Å²) in [6.45, 7) is 0.939. The fourth-order valence-electron chi connectivity index (χ4n) is 6.88. The number of aryl methyl sites for hydroxylation is 4. The second-order valence-electron chi connectivity index (χ2n) is 12.5. The molecule has 0 bridgehead atoms. The van der Waals surface area contributed by atoms with Gasteiger partial charge in [-0.15, -0.1) is 22.7 Å². The van der Waals surface area contributed by atoms with Crippen molar-refractivity contribution in [3.63, 3.8) is 0 Å². The number of fused-ring (bicyclic) bond motifs is 7. The van der Waals surface area contributed by atoms with Gasteiger partial charge in [-0.25, -0.2) is 19.9 Å². The number of pyridine rings is 2. The van der Waals surface area contributed by atoms with E-state index < -0.39 is 0 Å². The molecule has 1 N–H and O–H groups in total. The van der Waals surface area contributed by atoms with Crippen LogP contribution in [0.2, 0.25) is 5.15 Å². The Kier molecular flexibility index (Phi) is 8.47. The van der Waals surface area contributed by atoms with Gasteiger partial charge in [0.1, 0.15) is 20.6 Å². The topological polar surface area (TPSA) is 108 Å². The third-order valence-corrected chi connectivity index (χ3v) is 12.0. The average Bonchev–Trinajstić information content (AvgIpc) is 3.90. The zero-order valence-corrected chi connectivity index (χ0v) is 29.5. The lowest BCUT2D eigenvalue weighted by molar-refractivity contribution is 0.174. The van der Waals surface area contributed by atoms with E-state index in [-0.39, 0.29) is 6.79 Å². The van der Waals surface area contributed by atoms with Crippen LogP contribution in [0.1, 0.15) is 52.1 Å². The summed E-state index contributed by atoms with van der Waals surface area (Å²) in [5.74, 6) is 3.87. The van der Waals surface area contributed by atoms with Crippen LogP contribution in [-0.4, -0.2) is 36.7 Å². The summed E-state index contributed by atoms with van der Waals surface area (Å²) in [6, 6.07) is 13.8. The molecular weight excluding hydrogens is 686 g/mol. The summed E-state index contributed by atoms with van der Waals surface area (Å²) in [7, 11) is 0. The van der Waals surface area contributed by atoms with Crippen LogP contribution in [0.25, 0.3) is 43.2 Å². The monoisotopic (exact) mass is 717 g/mol. The maximum atomic E-state index is 6.43. The summed E-state index contributed by atoms with van der Waals surface area (Å²) in [6.07, 6.45) is 16.6. The first-order valence-electron chi connectivity index (χ1n) is 16.9. The Labute approximate surface area is 301 Å². The largest absolute Gasteiger partial charge is 0.454 e. The fraction of sp³-hybridized carbons (Fsp3) is 0.263. The molecule has 3 aliphatic rings. The second-order valence-corrected chi connectivity index (χ2v) is 15.1. The summed E-state index contributed by atoms with van der Waals surface area (Å²) in [4.78, 5) is 32.3. The van der Waals surface area contributed by atoms with Crippen LogP contribution in [0, 0.1) is 0 Å². The molecule has 0 unspecified atom stereocenters. The molecule has 0 spiro atoms. The van der Waals surface area contributed by atoms with E-state index in [1.807, 2.05) is 53.9 Å². The van der Waals surface area contributed by atoms with Crippen LogP contribution in [0.3, 0.4) is 0 Å².